The first-order chi connectivity index (χ1) is 7.11. The number of anilines is 1. The van der Waals surface area contributed by atoms with Crippen LogP contribution in [0.4, 0.5) is 5.69 Å². The summed E-state index contributed by atoms with van der Waals surface area (Å²) in [7, 11) is 1.50. The number of benzene rings is 1. The van der Waals surface area contributed by atoms with Crippen molar-refractivity contribution >= 4 is 16.7 Å². The third-order valence-corrected chi connectivity index (χ3v) is 2.31. The largest absolute Gasteiger partial charge is 0.496 e. The molecule has 78 valence electrons. The van der Waals surface area contributed by atoms with Crippen molar-refractivity contribution in [1.82, 2.24) is 0 Å². The monoisotopic (exact) mass is 205 g/mol. The Labute approximate surface area is 86.3 Å². The van der Waals surface area contributed by atoms with E-state index in [2.05, 4.69) is 0 Å². The van der Waals surface area contributed by atoms with Crippen molar-refractivity contribution in [3.63, 3.8) is 0 Å². The fourth-order valence-corrected chi connectivity index (χ4v) is 1.47. The number of rotatable bonds is 1. The van der Waals surface area contributed by atoms with Gasteiger partial charge in [0.25, 0.3) is 0 Å². The van der Waals surface area contributed by atoms with E-state index in [9.17, 15) is 4.79 Å². The lowest BCUT2D eigenvalue weighted by molar-refractivity contribution is 0.413. The Balaban J connectivity index is 2.90. The minimum absolute atomic E-state index is 0.427. The number of hydrogen-bond acceptors (Lipinski definition) is 4. The van der Waals surface area contributed by atoms with Crippen LogP contribution < -0.4 is 16.1 Å². The Hall–Kier alpha value is -1.97. The summed E-state index contributed by atoms with van der Waals surface area (Å²) in [5, 5.41) is 0.709. The van der Waals surface area contributed by atoms with E-state index in [0.29, 0.717) is 22.4 Å². The van der Waals surface area contributed by atoms with Crippen LogP contribution in [-0.4, -0.2) is 7.11 Å². The minimum atomic E-state index is -0.427. The lowest BCUT2D eigenvalue weighted by Crippen LogP contribution is -2.00. The molecule has 0 saturated heterocycles. The van der Waals surface area contributed by atoms with Gasteiger partial charge in [-0.25, -0.2) is 4.79 Å². The molecule has 2 aromatic rings. The lowest BCUT2D eigenvalue weighted by atomic mass is 10.1. The van der Waals surface area contributed by atoms with Crippen LogP contribution in [0.5, 0.6) is 5.75 Å². The predicted octanol–water partition coefficient (Wildman–Crippen LogP) is 1.69. The molecular weight excluding hydrogens is 194 g/mol. The van der Waals surface area contributed by atoms with E-state index in [-0.39, 0.29) is 0 Å². The molecule has 0 fully saturated rings. The number of aryl methyl sites for hydroxylation is 1. The fraction of sp³-hybridized carbons (Fsp3) is 0.182. The van der Waals surface area contributed by atoms with E-state index < -0.39 is 5.63 Å². The van der Waals surface area contributed by atoms with Gasteiger partial charge >= 0.3 is 5.63 Å². The molecule has 0 aliphatic heterocycles. The SMILES string of the molecule is COc1cc(=O)oc2cc(C)c(N)cc12. The van der Waals surface area contributed by atoms with Gasteiger partial charge in [0.15, 0.2) is 0 Å². The van der Waals surface area contributed by atoms with E-state index in [0.717, 1.165) is 5.56 Å². The highest BCUT2D eigenvalue weighted by molar-refractivity contribution is 5.87. The number of nitrogen functional groups attached to an aromatic ring is 1. The lowest BCUT2D eigenvalue weighted by Gasteiger charge is -2.06. The smallest absolute Gasteiger partial charge is 0.339 e. The van der Waals surface area contributed by atoms with Gasteiger partial charge in [-0.15, -0.1) is 0 Å². The van der Waals surface area contributed by atoms with Gasteiger partial charge in [-0.2, -0.15) is 0 Å². The van der Waals surface area contributed by atoms with Crippen molar-refractivity contribution in [1.29, 1.82) is 0 Å². The number of hydrogen-bond donors (Lipinski definition) is 1. The molecule has 4 nitrogen and oxygen atoms in total. The zero-order valence-corrected chi connectivity index (χ0v) is 8.53. The molecular formula is C11H11NO3. The standard InChI is InChI=1S/C11H11NO3/c1-6-3-10-7(4-8(6)12)9(14-2)5-11(13)15-10/h3-5H,12H2,1-2H3. The molecule has 1 heterocycles. The van der Waals surface area contributed by atoms with E-state index >= 15 is 0 Å². The zero-order valence-electron chi connectivity index (χ0n) is 8.53. The highest BCUT2D eigenvalue weighted by atomic mass is 16.5. The Bertz CT molecular complexity index is 572. The second-order valence-electron chi connectivity index (χ2n) is 3.34. The Kier molecular flexibility index (Phi) is 2.11. The Morgan fingerprint density at radius 3 is 2.73 bits per heavy atom. The maximum Gasteiger partial charge on any atom is 0.339 e. The number of methoxy groups -OCH3 is 1. The summed E-state index contributed by atoms with van der Waals surface area (Å²) in [5.74, 6) is 0.480. The van der Waals surface area contributed by atoms with Gasteiger partial charge in [-0.05, 0) is 24.6 Å². The molecule has 0 aliphatic carbocycles. The van der Waals surface area contributed by atoms with Crippen LogP contribution in [-0.2, 0) is 0 Å². The zero-order chi connectivity index (χ0) is 11.0. The summed E-state index contributed by atoms with van der Waals surface area (Å²) in [6, 6.07) is 4.78. The summed E-state index contributed by atoms with van der Waals surface area (Å²) in [5.41, 5.74) is 7.36. The van der Waals surface area contributed by atoms with Crippen molar-refractivity contribution in [2.24, 2.45) is 0 Å². The first-order valence-corrected chi connectivity index (χ1v) is 4.50. The van der Waals surface area contributed by atoms with Crippen LogP contribution in [0.2, 0.25) is 0 Å². The van der Waals surface area contributed by atoms with Crippen LogP contribution in [0.15, 0.2) is 27.4 Å². The van der Waals surface area contributed by atoms with Gasteiger partial charge < -0.3 is 14.9 Å². The molecule has 2 N–H and O–H groups in total. The summed E-state index contributed by atoms with van der Waals surface area (Å²) < 4.78 is 10.1. The predicted molar refractivity (Wildman–Crippen MR) is 58.2 cm³/mol. The first kappa shape index (κ1) is 9.58. The molecule has 15 heavy (non-hydrogen) atoms. The second-order valence-corrected chi connectivity index (χ2v) is 3.34. The van der Waals surface area contributed by atoms with Crippen molar-refractivity contribution in [3.05, 3.63) is 34.2 Å². The molecule has 0 aliphatic rings. The van der Waals surface area contributed by atoms with Crippen LogP contribution >= 0.6 is 0 Å². The van der Waals surface area contributed by atoms with Gasteiger partial charge in [0.2, 0.25) is 0 Å². The van der Waals surface area contributed by atoms with Gasteiger partial charge in [-0.1, -0.05) is 0 Å². The summed E-state index contributed by atoms with van der Waals surface area (Å²) in [4.78, 5) is 11.2. The molecule has 4 heteroatoms. The highest BCUT2D eigenvalue weighted by Gasteiger charge is 2.07. The maximum atomic E-state index is 11.2. The first-order valence-electron chi connectivity index (χ1n) is 4.50. The van der Waals surface area contributed by atoms with Crippen molar-refractivity contribution in [3.8, 4) is 5.75 Å². The van der Waals surface area contributed by atoms with Gasteiger partial charge in [-0.3, -0.25) is 0 Å². The van der Waals surface area contributed by atoms with Crippen molar-refractivity contribution in [2.75, 3.05) is 12.8 Å². The van der Waals surface area contributed by atoms with Crippen molar-refractivity contribution in [2.45, 2.75) is 6.92 Å². The maximum absolute atomic E-state index is 11.2. The van der Waals surface area contributed by atoms with Crippen LogP contribution in [0.3, 0.4) is 0 Å². The molecule has 1 aromatic carbocycles. The Morgan fingerprint density at radius 2 is 2.07 bits per heavy atom. The van der Waals surface area contributed by atoms with E-state index in [1.807, 2.05) is 6.92 Å². The third-order valence-electron chi connectivity index (χ3n) is 2.31. The summed E-state index contributed by atoms with van der Waals surface area (Å²) in [6.07, 6.45) is 0. The van der Waals surface area contributed by atoms with E-state index in [1.54, 1.807) is 12.1 Å². The average Bonchev–Trinajstić information content (AvgIpc) is 2.19. The molecule has 0 unspecified atom stereocenters. The normalized spacial score (nSPS) is 10.5. The third kappa shape index (κ3) is 1.54. The van der Waals surface area contributed by atoms with E-state index in [4.69, 9.17) is 14.9 Å². The molecule has 0 amide bonds. The van der Waals surface area contributed by atoms with Crippen LogP contribution in [0.25, 0.3) is 11.0 Å². The molecule has 2 rings (SSSR count). The fourth-order valence-electron chi connectivity index (χ4n) is 1.47. The van der Waals surface area contributed by atoms with Gasteiger partial charge in [0, 0.05) is 5.69 Å². The molecule has 0 atom stereocenters. The molecule has 0 radical (unpaired) electrons. The average molecular weight is 205 g/mol. The highest BCUT2D eigenvalue weighted by Crippen LogP contribution is 2.27. The number of fused-ring (bicyclic) bond motifs is 1. The number of ether oxygens (including phenoxy) is 1. The van der Waals surface area contributed by atoms with Crippen LogP contribution in [0.1, 0.15) is 5.56 Å². The summed E-state index contributed by atoms with van der Waals surface area (Å²) >= 11 is 0. The second kappa shape index (κ2) is 3.31. The van der Waals surface area contributed by atoms with E-state index in [1.165, 1.54) is 13.2 Å². The minimum Gasteiger partial charge on any atom is -0.496 e. The number of nitrogens with two attached hydrogens (primary N) is 1. The topological polar surface area (TPSA) is 65.5 Å². The quantitative estimate of drug-likeness (QED) is 0.568. The molecule has 1 aromatic heterocycles. The van der Waals surface area contributed by atoms with Crippen molar-refractivity contribution < 1.29 is 9.15 Å². The van der Waals surface area contributed by atoms with Gasteiger partial charge in [0.1, 0.15) is 11.3 Å². The Morgan fingerprint density at radius 1 is 1.33 bits per heavy atom. The molecule has 0 saturated carbocycles. The molecule has 0 bridgehead atoms. The van der Waals surface area contributed by atoms with Crippen LogP contribution in [0, 0.1) is 6.92 Å². The summed E-state index contributed by atoms with van der Waals surface area (Å²) in [6.45, 7) is 1.86. The molecule has 0 spiro atoms. The van der Waals surface area contributed by atoms with Gasteiger partial charge in [0.05, 0.1) is 18.6 Å².